The quantitative estimate of drug-likeness (QED) is 0.944. The summed E-state index contributed by atoms with van der Waals surface area (Å²) in [7, 11) is 0. The molecule has 0 bridgehead atoms. The Bertz CT molecular complexity index is 694. The van der Waals surface area contributed by atoms with Crippen LogP contribution in [-0.4, -0.2) is 21.6 Å². The number of aromatic nitrogens is 2. The lowest BCUT2D eigenvalue weighted by Gasteiger charge is -2.23. The predicted molar refractivity (Wildman–Crippen MR) is 90.3 cm³/mol. The summed E-state index contributed by atoms with van der Waals surface area (Å²) in [6, 6.07) is 0. The van der Waals surface area contributed by atoms with Gasteiger partial charge in [-0.25, -0.2) is 4.98 Å². The molecule has 1 atom stereocenters. The van der Waals surface area contributed by atoms with Crippen molar-refractivity contribution in [3.05, 3.63) is 27.1 Å². The molecule has 0 radical (unpaired) electrons. The third kappa shape index (κ3) is 3.71. The normalized spacial score (nSPS) is 13.8. The van der Waals surface area contributed by atoms with Crippen molar-refractivity contribution in [1.82, 2.24) is 14.9 Å². The Morgan fingerprint density at radius 3 is 2.67 bits per heavy atom. The first-order valence-electron chi connectivity index (χ1n) is 7.39. The van der Waals surface area contributed by atoms with Crippen LogP contribution in [0.3, 0.4) is 0 Å². The number of hydrogen-bond acceptors (Lipinski definition) is 4. The molecule has 0 amide bonds. The second kappa shape index (κ2) is 5.89. The average Bonchev–Trinajstić information content (AvgIpc) is 2.66. The van der Waals surface area contributed by atoms with Gasteiger partial charge in [-0.2, -0.15) is 0 Å². The number of nitrogens with zero attached hydrogens (tertiary/aromatic N) is 2. The first-order chi connectivity index (χ1) is 9.69. The summed E-state index contributed by atoms with van der Waals surface area (Å²) in [5, 5.41) is 4.27. The number of hydrogen-bond donors (Lipinski definition) is 1. The van der Waals surface area contributed by atoms with Crippen LogP contribution in [0.2, 0.25) is 0 Å². The van der Waals surface area contributed by atoms with Crippen molar-refractivity contribution in [2.24, 2.45) is 5.92 Å². The standard InChI is InChI=1S/C16H25N3OS/c1-10(7-18-16(4,5)6)8-19-9-17-14-13(15(19)20)11(2)12(3)21-14/h9-10,18H,7-8H2,1-6H3. The molecule has 0 saturated heterocycles. The maximum absolute atomic E-state index is 12.6. The van der Waals surface area contributed by atoms with Crippen molar-refractivity contribution in [2.45, 2.75) is 53.6 Å². The molecular weight excluding hydrogens is 282 g/mol. The third-order valence-electron chi connectivity index (χ3n) is 3.65. The van der Waals surface area contributed by atoms with Crippen LogP contribution in [0.4, 0.5) is 0 Å². The topological polar surface area (TPSA) is 46.9 Å². The van der Waals surface area contributed by atoms with Crippen LogP contribution >= 0.6 is 11.3 Å². The minimum absolute atomic E-state index is 0.0875. The molecule has 1 unspecified atom stereocenters. The zero-order valence-electron chi connectivity index (χ0n) is 13.8. The lowest BCUT2D eigenvalue weighted by Crippen LogP contribution is -2.40. The van der Waals surface area contributed by atoms with Crippen LogP contribution in [0, 0.1) is 19.8 Å². The SMILES string of the molecule is Cc1sc2ncn(CC(C)CNC(C)(C)C)c(=O)c2c1C. The molecule has 116 valence electrons. The number of aryl methyl sites for hydroxylation is 2. The van der Waals surface area contributed by atoms with E-state index in [0.717, 1.165) is 22.3 Å². The molecule has 2 aromatic rings. The second-order valence-electron chi connectivity index (χ2n) is 6.90. The highest BCUT2D eigenvalue weighted by atomic mass is 32.1. The smallest absolute Gasteiger partial charge is 0.262 e. The van der Waals surface area contributed by atoms with E-state index < -0.39 is 0 Å². The molecule has 4 nitrogen and oxygen atoms in total. The van der Waals surface area contributed by atoms with Gasteiger partial charge in [0.05, 0.1) is 11.7 Å². The molecule has 0 aliphatic heterocycles. The monoisotopic (exact) mass is 307 g/mol. The van der Waals surface area contributed by atoms with Crippen molar-refractivity contribution >= 4 is 21.6 Å². The Labute approximate surface area is 130 Å². The van der Waals surface area contributed by atoms with Gasteiger partial charge in [-0.1, -0.05) is 6.92 Å². The van der Waals surface area contributed by atoms with Crippen molar-refractivity contribution in [2.75, 3.05) is 6.54 Å². The maximum atomic E-state index is 12.6. The molecule has 0 aromatic carbocycles. The van der Waals surface area contributed by atoms with Gasteiger partial charge in [0.1, 0.15) is 4.83 Å². The van der Waals surface area contributed by atoms with E-state index in [4.69, 9.17) is 0 Å². The van der Waals surface area contributed by atoms with E-state index in [1.54, 1.807) is 22.2 Å². The minimum Gasteiger partial charge on any atom is -0.312 e. The molecule has 2 heterocycles. The van der Waals surface area contributed by atoms with Crippen LogP contribution in [0.5, 0.6) is 0 Å². The van der Waals surface area contributed by atoms with Gasteiger partial charge in [0, 0.05) is 17.0 Å². The summed E-state index contributed by atoms with van der Waals surface area (Å²) in [6.07, 6.45) is 1.69. The van der Waals surface area contributed by atoms with E-state index in [1.165, 1.54) is 4.88 Å². The minimum atomic E-state index is 0.0875. The molecule has 2 aromatic heterocycles. The van der Waals surface area contributed by atoms with Crippen molar-refractivity contribution < 1.29 is 0 Å². The van der Waals surface area contributed by atoms with E-state index in [2.05, 4.69) is 38.0 Å². The highest BCUT2D eigenvalue weighted by Gasteiger charge is 2.15. The summed E-state index contributed by atoms with van der Waals surface area (Å²) in [5.41, 5.74) is 1.26. The summed E-state index contributed by atoms with van der Waals surface area (Å²) >= 11 is 1.60. The van der Waals surface area contributed by atoms with Crippen molar-refractivity contribution in [3.63, 3.8) is 0 Å². The summed E-state index contributed by atoms with van der Waals surface area (Å²) < 4.78 is 1.75. The fourth-order valence-corrected chi connectivity index (χ4v) is 3.27. The van der Waals surface area contributed by atoms with E-state index in [-0.39, 0.29) is 11.1 Å². The second-order valence-corrected chi connectivity index (χ2v) is 8.10. The van der Waals surface area contributed by atoms with Crippen LogP contribution in [0.25, 0.3) is 10.2 Å². The van der Waals surface area contributed by atoms with Crippen LogP contribution in [-0.2, 0) is 6.54 Å². The number of rotatable bonds is 4. The number of thiophene rings is 1. The Morgan fingerprint density at radius 1 is 1.38 bits per heavy atom. The predicted octanol–water partition coefficient (Wildman–Crippen LogP) is 3.10. The lowest BCUT2D eigenvalue weighted by atomic mass is 10.1. The Hall–Kier alpha value is -1.20. The van der Waals surface area contributed by atoms with Crippen molar-refractivity contribution in [3.8, 4) is 0 Å². The van der Waals surface area contributed by atoms with Gasteiger partial charge in [-0.3, -0.25) is 9.36 Å². The van der Waals surface area contributed by atoms with E-state index in [1.807, 2.05) is 13.8 Å². The molecule has 5 heteroatoms. The first kappa shape index (κ1) is 16.2. The summed E-state index contributed by atoms with van der Waals surface area (Å²) in [6.45, 7) is 14.2. The number of fused-ring (bicyclic) bond motifs is 1. The zero-order valence-corrected chi connectivity index (χ0v) is 14.6. The van der Waals surface area contributed by atoms with Crippen LogP contribution in [0.1, 0.15) is 38.1 Å². The fourth-order valence-electron chi connectivity index (χ4n) is 2.28. The number of nitrogens with one attached hydrogen (secondary N) is 1. The Kier molecular flexibility index (Phi) is 4.54. The van der Waals surface area contributed by atoms with E-state index in [9.17, 15) is 4.79 Å². The molecule has 21 heavy (non-hydrogen) atoms. The van der Waals surface area contributed by atoms with Gasteiger partial charge in [0.15, 0.2) is 0 Å². The third-order valence-corrected chi connectivity index (χ3v) is 4.76. The highest BCUT2D eigenvalue weighted by molar-refractivity contribution is 7.18. The van der Waals surface area contributed by atoms with Crippen molar-refractivity contribution in [1.29, 1.82) is 0 Å². The zero-order chi connectivity index (χ0) is 15.8. The Balaban J connectivity index is 2.21. The molecule has 2 rings (SSSR count). The van der Waals surface area contributed by atoms with Gasteiger partial charge in [-0.05, 0) is 52.6 Å². The van der Waals surface area contributed by atoms with Crippen LogP contribution in [0.15, 0.2) is 11.1 Å². The van der Waals surface area contributed by atoms with Gasteiger partial charge in [-0.15, -0.1) is 11.3 Å². The molecular formula is C16H25N3OS. The molecule has 0 aliphatic rings. The largest absolute Gasteiger partial charge is 0.312 e. The molecule has 0 aliphatic carbocycles. The maximum Gasteiger partial charge on any atom is 0.262 e. The Morgan fingerprint density at radius 2 is 2.05 bits per heavy atom. The summed E-state index contributed by atoms with van der Waals surface area (Å²) in [5.74, 6) is 0.376. The van der Waals surface area contributed by atoms with Gasteiger partial charge in [0.25, 0.3) is 5.56 Å². The van der Waals surface area contributed by atoms with Gasteiger partial charge in [0.2, 0.25) is 0 Å². The summed E-state index contributed by atoms with van der Waals surface area (Å²) in [4.78, 5) is 19.1. The molecule has 0 fully saturated rings. The van der Waals surface area contributed by atoms with Crippen LogP contribution < -0.4 is 10.9 Å². The molecule has 0 spiro atoms. The van der Waals surface area contributed by atoms with Gasteiger partial charge < -0.3 is 5.32 Å². The van der Waals surface area contributed by atoms with Gasteiger partial charge >= 0.3 is 0 Å². The van der Waals surface area contributed by atoms with E-state index >= 15 is 0 Å². The van der Waals surface area contributed by atoms with E-state index in [0.29, 0.717) is 12.5 Å². The first-order valence-corrected chi connectivity index (χ1v) is 8.21. The fraction of sp³-hybridized carbons (Fsp3) is 0.625. The highest BCUT2D eigenvalue weighted by Crippen LogP contribution is 2.25. The molecule has 0 saturated carbocycles. The average molecular weight is 307 g/mol. The lowest BCUT2D eigenvalue weighted by molar-refractivity contribution is 0.357. The molecule has 1 N–H and O–H groups in total.